The molecule has 1 unspecified atom stereocenters. The molecule has 0 saturated carbocycles. The Labute approximate surface area is 176 Å². The van der Waals surface area contributed by atoms with E-state index >= 15 is 0 Å². The number of benzene rings is 1. The van der Waals surface area contributed by atoms with Gasteiger partial charge in [-0.2, -0.15) is 0 Å². The van der Waals surface area contributed by atoms with Gasteiger partial charge in [0.15, 0.2) is 0 Å². The van der Waals surface area contributed by atoms with Crippen LogP contribution >= 0.6 is 36.4 Å². The molecule has 1 atom stereocenters. The fourth-order valence-electron chi connectivity index (χ4n) is 2.68. The fraction of sp³-hybridized carbons (Fsp3) is 0.333. The van der Waals surface area contributed by atoms with E-state index in [4.69, 9.17) is 16.3 Å². The average Bonchev–Trinajstić information content (AvgIpc) is 2.67. The maximum atomic E-state index is 12.6. The highest BCUT2D eigenvalue weighted by Crippen LogP contribution is 2.12. The van der Waals surface area contributed by atoms with Crippen LogP contribution in [0.2, 0.25) is 5.02 Å². The summed E-state index contributed by atoms with van der Waals surface area (Å²) in [4.78, 5) is 18.4. The van der Waals surface area contributed by atoms with Crippen molar-refractivity contribution < 1.29 is 9.53 Å². The number of amides is 2. The summed E-state index contributed by atoms with van der Waals surface area (Å²) in [5.74, 6) is 0.703. The Morgan fingerprint density at radius 3 is 2.78 bits per heavy atom. The molecule has 148 valence electrons. The SMILES string of the molecule is Cl.Cl.O=C(NCc1ccc(Cl)cc1)N1CCNCC1COc1cccnc1. The first-order valence-corrected chi connectivity index (χ1v) is 8.62. The van der Waals surface area contributed by atoms with E-state index in [2.05, 4.69) is 15.6 Å². The summed E-state index contributed by atoms with van der Waals surface area (Å²) in [6, 6.07) is 11.0. The van der Waals surface area contributed by atoms with Crippen LogP contribution in [0.25, 0.3) is 0 Å². The van der Waals surface area contributed by atoms with Crippen molar-refractivity contribution in [2.24, 2.45) is 0 Å². The van der Waals surface area contributed by atoms with Crippen molar-refractivity contribution in [3.8, 4) is 5.75 Å². The lowest BCUT2D eigenvalue weighted by Gasteiger charge is -2.35. The van der Waals surface area contributed by atoms with Crippen LogP contribution in [0.5, 0.6) is 5.75 Å². The number of urea groups is 1. The van der Waals surface area contributed by atoms with E-state index < -0.39 is 0 Å². The van der Waals surface area contributed by atoms with E-state index in [1.54, 1.807) is 12.4 Å². The number of carbonyl (C=O) groups is 1. The van der Waals surface area contributed by atoms with Crippen LogP contribution in [0, 0.1) is 0 Å². The minimum Gasteiger partial charge on any atom is -0.490 e. The first kappa shape index (κ1) is 23.3. The quantitative estimate of drug-likeness (QED) is 0.760. The van der Waals surface area contributed by atoms with Gasteiger partial charge in [-0.25, -0.2) is 4.79 Å². The largest absolute Gasteiger partial charge is 0.490 e. The van der Waals surface area contributed by atoms with Gasteiger partial charge in [-0.15, -0.1) is 24.8 Å². The predicted octanol–water partition coefficient (Wildman–Crippen LogP) is 3.14. The first-order valence-electron chi connectivity index (χ1n) is 8.25. The molecule has 1 aromatic heterocycles. The van der Waals surface area contributed by atoms with Gasteiger partial charge in [0.1, 0.15) is 12.4 Å². The number of carbonyl (C=O) groups excluding carboxylic acids is 1. The summed E-state index contributed by atoms with van der Waals surface area (Å²) in [5, 5.41) is 6.95. The second-order valence-electron chi connectivity index (χ2n) is 5.84. The van der Waals surface area contributed by atoms with Crippen molar-refractivity contribution in [1.82, 2.24) is 20.5 Å². The van der Waals surface area contributed by atoms with Crippen molar-refractivity contribution in [1.29, 1.82) is 0 Å². The average molecular weight is 434 g/mol. The standard InChI is InChI=1S/C18H21ClN4O2.2ClH/c19-15-5-3-14(4-6-15)10-22-18(24)23-9-8-21-11-16(23)13-25-17-2-1-7-20-12-17;;/h1-7,12,16,21H,8-11,13H2,(H,22,24);2*1H. The second-order valence-corrected chi connectivity index (χ2v) is 6.27. The highest BCUT2D eigenvalue weighted by Gasteiger charge is 2.27. The molecule has 2 amide bonds. The van der Waals surface area contributed by atoms with Crippen LogP contribution in [0.3, 0.4) is 0 Å². The second kappa shape index (κ2) is 11.9. The van der Waals surface area contributed by atoms with Gasteiger partial charge in [0, 0.05) is 37.4 Å². The van der Waals surface area contributed by atoms with Gasteiger partial charge in [-0.1, -0.05) is 23.7 Å². The lowest BCUT2D eigenvalue weighted by molar-refractivity contribution is 0.124. The number of piperazine rings is 1. The van der Waals surface area contributed by atoms with E-state index in [0.717, 1.165) is 12.1 Å². The number of rotatable bonds is 5. The Hall–Kier alpha value is -1.73. The number of nitrogens with one attached hydrogen (secondary N) is 2. The van der Waals surface area contributed by atoms with E-state index in [1.165, 1.54) is 0 Å². The van der Waals surface area contributed by atoms with Crippen molar-refractivity contribution in [3.05, 3.63) is 59.4 Å². The summed E-state index contributed by atoms with van der Waals surface area (Å²) >= 11 is 5.88. The van der Waals surface area contributed by atoms with E-state index in [9.17, 15) is 4.79 Å². The number of hydrogen-bond acceptors (Lipinski definition) is 4. The number of ether oxygens (including phenoxy) is 1. The zero-order valence-corrected chi connectivity index (χ0v) is 17.0. The van der Waals surface area contributed by atoms with Gasteiger partial charge in [0.05, 0.1) is 12.2 Å². The van der Waals surface area contributed by atoms with Crippen molar-refractivity contribution in [2.45, 2.75) is 12.6 Å². The Morgan fingerprint density at radius 1 is 1.30 bits per heavy atom. The lowest BCUT2D eigenvalue weighted by atomic mass is 10.2. The number of pyridine rings is 1. The molecule has 1 aliphatic heterocycles. The molecule has 0 radical (unpaired) electrons. The van der Waals surface area contributed by atoms with Gasteiger partial charge < -0.3 is 20.3 Å². The van der Waals surface area contributed by atoms with Gasteiger partial charge in [-0.05, 0) is 29.8 Å². The molecule has 1 aliphatic rings. The van der Waals surface area contributed by atoms with Crippen LogP contribution in [0.15, 0.2) is 48.8 Å². The third-order valence-corrected chi connectivity index (χ3v) is 4.30. The van der Waals surface area contributed by atoms with E-state index in [-0.39, 0.29) is 36.9 Å². The molecule has 2 aromatic rings. The van der Waals surface area contributed by atoms with Crippen molar-refractivity contribution >= 4 is 42.4 Å². The molecule has 6 nitrogen and oxygen atoms in total. The minimum absolute atomic E-state index is 0. The molecule has 9 heteroatoms. The topological polar surface area (TPSA) is 66.5 Å². The lowest BCUT2D eigenvalue weighted by Crippen LogP contribution is -2.58. The summed E-state index contributed by atoms with van der Waals surface area (Å²) < 4.78 is 5.76. The molecular weight excluding hydrogens is 411 g/mol. The normalized spacial score (nSPS) is 15.9. The van der Waals surface area contributed by atoms with Crippen molar-refractivity contribution in [3.63, 3.8) is 0 Å². The summed E-state index contributed by atoms with van der Waals surface area (Å²) in [5.41, 5.74) is 1.01. The smallest absolute Gasteiger partial charge is 0.318 e. The summed E-state index contributed by atoms with van der Waals surface area (Å²) in [6.07, 6.45) is 3.37. The van der Waals surface area contributed by atoms with E-state index in [1.807, 2.05) is 41.3 Å². The van der Waals surface area contributed by atoms with Crippen LogP contribution in [-0.2, 0) is 6.54 Å². The molecule has 2 heterocycles. The molecule has 0 bridgehead atoms. The van der Waals surface area contributed by atoms with Crippen LogP contribution in [-0.4, -0.2) is 48.2 Å². The molecule has 1 saturated heterocycles. The zero-order chi connectivity index (χ0) is 17.5. The highest BCUT2D eigenvalue weighted by atomic mass is 35.5. The van der Waals surface area contributed by atoms with Crippen LogP contribution in [0.4, 0.5) is 4.79 Å². The zero-order valence-electron chi connectivity index (χ0n) is 14.6. The maximum Gasteiger partial charge on any atom is 0.318 e. The summed E-state index contributed by atoms with van der Waals surface area (Å²) in [7, 11) is 0. The minimum atomic E-state index is -0.0868. The molecule has 3 rings (SSSR count). The predicted molar refractivity (Wildman–Crippen MR) is 111 cm³/mol. The van der Waals surface area contributed by atoms with Gasteiger partial charge in [0.2, 0.25) is 0 Å². The molecule has 2 N–H and O–H groups in total. The number of halogens is 3. The number of hydrogen-bond donors (Lipinski definition) is 2. The molecule has 1 fully saturated rings. The Morgan fingerprint density at radius 2 is 2.07 bits per heavy atom. The number of nitrogens with zero attached hydrogens (tertiary/aromatic N) is 2. The Bertz CT molecular complexity index is 689. The van der Waals surface area contributed by atoms with Crippen LogP contribution in [0.1, 0.15) is 5.56 Å². The molecular formula is C18H23Cl3N4O2. The third kappa shape index (κ3) is 7.07. The highest BCUT2D eigenvalue weighted by molar-refractivity contribution is 6.30. The molecule has 0 aliphatic carbocycles. The monoisotopic (exact) mass is 432 g/mol. The first-order chi connectivity index (χ1) is 12.2. The van der Waals surface area contributed by atoms with Gasteiger partial charge >= 0.3 is 6.03 Å². The Kier molecular flexibility index (Phi) is 10.3. The summed E-state index contributed by atoms with van der Waals surface area (Å²) in [6.45, 7) is 3.02. The number of aromatic nitrogens is 1. The molecule has 1 aromatic carbocycles. The third-order valence-electron chi connectivity index (χ3n) is 4.04. The van der Waals surface area contributed by atoms with Gasteiger partial charge in [-0.3, -0.25) is 4.98 Å². The Balaban J connectivity index is 0.00000182. The fourth-order valence-corrected chi connectivity index (χ4v) is 2.81. The van der Waals surface area contributed by atoms with Crippen molar-refractivity contribution in [2.75, 3.05) is 26.2 Å². The molecule has 27 heavy (non-hydrogen) atoms. The van der Waals surface area contributed by atoms with Gasteiger partial charge in [0.25, 0.3) is 0 Å². The van der Waals surface area contributed by atoms with Crippen LogP contribution < -0.4 is 15.4 Å². The maximum absolute atomic E-state index is 12.6. The molecule has 0 spiro atoms. The van der Waals surface area contributed by atoms with E-state index in [0.29, 0.717) is 37.0 Å².